The number of piperidine rings is 1. The van der Waals surface area contributed by atoms with Crippen molar-refractivity contribution < 1.29 is 18.9 Å². The summed E-state index contributed by atoms with van der Waals surface area (Å²) < 4.78 is 11.0. The van der Waals surface area contributed by atoms with Crippen molar-refractivity contribution in [3.63, 3.8) is 0 Å². The number of benzene rings is 1. The topological polar surface area (TPSA) is 85.8 Å². The van der Waals surface area contributed by atoms with Gasteiger partial charge in [-0.1, -0.05) is 19.1 Å². The quantitative estimate of drug-likeness (QED) is 0.610. The van der Waals surface area contributed by atoms with E-state index in [2.05, 4.69) is 6.92 Å². The highest BCUT2D eigenvalue weighted by atomic mass is 16.6. The van der Waals surface area contributed by atoms with Crippen LogP contribution in [-0.4, -0.2) is 28.8 Å². The molecule has 2 heterocycles. The molecule has 1 aliphatic rings. The third-order valence-corrected chi connectivity index (χ3v) is 4.25. The number of rotatable bonds is 5. The van der Waals surface area contributed by atoms with Gasteiger partial charge in [0.2, 0.25) is 0 Å². The van der Waals surface area contributed by atoms with Crippen LogP contribution in [0.15, 0.2) is 40.8 Å². The van der Waals surface area contributed by atoms with E-state index in [9.17, 15) is 14.9 Å². The molecule has 0 spiro atoms. The van der Waals surface area contributed by atoms with Crippen LogP contribution in [0.5, 0.6) is 5.75 Å². The van der Waals surface area contributed by atoms with Crippen molar-refractivity contribution >= 4 is 11.6 Å². The van der Waals surface area contributed by atoms with Gasteiger partial charge < -0.3 is 14.1 Å². The Morgan fingerprint density at radius 1 is 1.36 bits per heavy atom. The maximum absolute atomic E-state index is 12.5. The molecule has 7 heteroatoms. The molecule has 0 aliphatic carbocycles. The smallest absolute Gasteiger partial charge is 0.310 e. The molecule has 3 rings (SSSR count). The molecule has 1 atom stereocenters. The Kier molecular flexibility index (Phi) is 5.02. The van der Waals surface area contributed by atoms with E-state index in [1.807, 2.05) is 0 Å². The summed E-state index contributed by atoms with van der Waals surface area (Å²) in [5.41, 5.74) is -0.104. The molecule has 1 aromatic heterocycles. The van der Waals surface area contributed by atoms with E-state index in [1.54, 1.807) is 29.2 Å². The fourth-order valence-electron chi connectivity index (χ4n) is 2.98. The summed E-state index contributed by atoms with van der Waals surface area (Å²) in [6.45, 7) is 3.63. The average Bonchev–Trinajstić information content (AvgIpc) is 3.08. The molecule has 1 aliphatic heterocycles. The van der Waals surface area contributed by atoms with Gasteiger partial charge in [0, 0.05) is 19.2 Å². The molecular formula is C18H20N2O5. The average molecular weight is 344 g/mol. The summed E-state index contributed by atoms with van der Waals surface area (Å²) in [4.78, 5) is 24.8. The van der Waals surface area contributed by atoms with E-state index in [-0.39, 0.29) is 29.7 Å². The van der Waals surface area contributed by atoms with Gasteiger partial charge in [0.05, 0.1) is 4.92 Å². The molecule has 0 unspecified atom stereocenters. The second-order valence-corrected chi connectivity index (χ2v) is 6.28. The predicted molar refractivity (Wildman–Crippen MR) is 90.4 cm³/mol. The van der Waals surface area contributed by atoms with Crippen LogP contribution in [0.1, 0.15) is 36.1 Å². The minimum absolute atomic E-state index is 0.0224. The van der Waals surface area contributed by atoms with Crippen molar-refractivity contribution in [1.82, 2.24) is 4.90 Å². The Balaban J connectivity index is 1.64. The lowest BCUT2D eigenvalue weighted by atomic mass is 10.0. The van der Waals surface area contributed by atoms with Gasteiger partial charge in [-0.05, 0) is 37.0 Å². The van der Waals surface area contributed by atoms with E-state index in [0.717, 1.165) is 25.9 Å². The first kappa shape index (κ1) is 17.0. The summed E-state index contributed by atoms with van der Waals surface area (Å²) in [6.07, 6.45) is 2.14. The zero-order valence-electron chi connectivity index (χ0n) is 14.0. The van der Waals surface area contributed by atoms with E-state index < -0.39 is 4.92 Å². The second-order valence-electron chi connectivity index (χ2n) is 6.28. The van der Waals surface area contributed by atoms with Crippen LogP contribution in [0.25, 0.3) is 0 Å². The number of amides is 1. The van der Waals surface area contributed by atoms with Crippen LogP contribution in [0, 0.1) is 16.0 Å². The van der Waals surface area contributed by atoms with Gasteiger partial charge in [-0.15, -0.1) is 0 Å². The first-order valence-electron chi connectivity index (χ1n) is 8.29. The van der Waals surface area contributed by atoms with Crippen molar-refractivity contribution in [2.45, 2.75) is 26.4 Å². The number of hydrogen-bond acceptors (Lipinski definition) is 5. The summed E-state index contributed by atoms with van der Waals surface area (Å²) in [5.74, 6) is 1.26. The number of para-hydroxylation sites is 2. The number of likely N-dealkylation sites (tertiary alicyclic amines) is 1. The van der Waals surface area contributed by atoms with Gasteiger partial charge in [-0.3, -0.25) is 14.9 Å². The minimum Gasteiger partial charge on any atom is -0.479 e. The van der Waals surface area contributed by atoms with E-state index in [1.165, 1.54) is 12.1 Å². The highest BCUT2D eigenvalue weighted by Crippen LogP contribution is 2.27. The van der Waals surface area contributed by atoms with Crippen LogP contribution in [0.4, 0.5) is 5.69 Å². The van der Waals surface area contributed by atoms with Crippen LogP contribution in [-0.2, 0) is 6.61 Å². The van der Waals surface area contributed by atoms with Crippen LogP contribution < -0.4 is 4.74 Å². The number of nitrogens with zero attached hydrogens (tertiary/aromatic N) is 2. The summed E-state index contributed by atoms with van der Waals surface area (Å²) in [5, 5.41) is 11.0. The van der Waals surface area contributed by atoms with Gasteiger partial charge in [0.25, 0.3) is 5.91 Å². The lowest BCUT2D eigenvalue weighted by Crippen LogP contribution is -2.38. The number of carbonyl (C=O) groups is 1. The number of ether oxygens (including phenoxy) is 1. The molecule has 0 saturated carbocycles. The van der Waals surface area contributed by atoms with Gasteiger partial charge in [-0.2, -0.15) is 0 Å². The van der Waals surface area contributed by atoms with Crippen molar-refractivity contribution in [1.29, 1.82) is 0 Å². The molecular weight excluding hydrogens is 324 g/mol. The minimum atomic E-state index is -0.496. The molecule has 132 valence electrons. The third kappa shape index (κ3) is 3.99. The summed E-state index contributed by atoms with van der Waals surface area (Å²) >= 11 is 0. The standard InChI is InChI=1S/C18H20N2O5/c1-13-5-4-10-19(11-13)18(21)17-9-8-14(25-17)12-24-16-7-3-2-6-15(16)20(22)23/h2-3,6-9,13H,4-5,10-12H2,1H3/t13-/m1/s1. The zero-order chi connectivity index (χ0) is 17.8. The monoisotopic (exact) mass is 344 g/mol. The maximum atomic E-state index is 12.5. The van der Waals surface area contributed by atoms with Gasteiger partial charge >= 0.3 is 5.69 Å². The first-order valence-corrected chi connectivity index (χ1v) is 8.29. The molecule has 1 amide bonds. The Labute approximate surface area is 145 Å². The first-order chi connectivity index (χ1) is 12.0. The number of nitro benzene ring substituents is 1. The van der Waals surface area contributed by atoms with Gasteiger partial charge in [0.1, 0.15) is 12.4 Å². The number of hydrogen-bond donors (Lipinski definition) is 0. The predicted octanol–water partition coefficient (Wildman–Crippen LogP) is 3.64. The molecule has 1 aromatic carbocycles. The Morgan fingerprint density at radius 2 is 2.16 bits per heavy atom. The number of carbonyl (C=O) groups excluding carboxylic acids is 1. The SMILES string of the molecule is C[C@@H]1CCCN(C(=O)c2ccc(COc3ccccc3[N+](=O)[O-])o2)C1. The fourth-order valence-corrected chi connectivity index (χ4v) is 2.98. The van der Waals surface area contributed by atoms with Gasteiger partial charge in [-0.25, -0.2) is 0 Å². The molecule has 2 aromatic rings. The number of nitro groups is 1. The van der Waals surface area contributed by atoms with Crippen LogP contribution in [0.3, 0.4) is 0 Å². The highest BCUT2D eigenvalue weighted by Gasteiger charge is 2.24. The largest absolute Gasteiger partial charge is 0.479 e. The number of furan rings is 1. The van der Waals surface area contributed by atoms with Crippen molar-refractivity contribution in [2.75, 3.05) is 13.1 Å². The van der Waals surface area contributed by atoms with Crippen molar-refractivity contribution in [3.8, 4) is 5.75 Å². The second kappa shape index (κ2) is 7.38. The highest BCUT2D eigenvalue weighted by molar-refractivity contribution is 5.91. The summed E-state index contributed by atoms with van der Waals surface area (Å²) in [7, 11) is 0. The molecule has 1 fully saturated rings. The maximum Gasteiger partial charge on any atom is 0.310 e. The lowest BCUT2D eigenvalue weighted by Gasteiger charge is -2.30. The molecule has 25 heavy (non-hydrogen) atoms. The van der Waals surface area contributed by atoms with E-state index in [4.69, 9.17) is 9.15 Å². The Bertz CT molecular complexity index is 770. The fraction of sp³-hybridized carbons (Fsp3) is 0.389. The molecule has 0 N–H and O–H groups in total. The van der Waals surface area contributed by atoms with Crippen LogP contribution in [0.2, 0.25) is 0 Å². The normalized spacial score (nSPS) is 17.3. The Morgan fingerprint density at radius 3 is 2.92 bits per heavy atom. The zero-order valence-corrected chi connectivity index (χ0v) is 14.0. The molecule has 7 nitrogen and oxygen atoms in total. The lowest BCUT2D eigenvalue weighted by molar-refractivity contribution is -0.386. The van der Waals surface area contributed by atoms with Crippen molar-refractivity contribution in [3.05, 3.63) is 58.0 Å². The molecule has 1 saturated heterocycles. The Hall–Kier alpha value is -2.83. The van der Waals surface area contributed by atoms with Gasteiger partial charge in [0.15, 0.2) is 11.5 Å². The van der Waals surface area contributed by atoms with Crippen LogP contribution >= 0.6 is 0 Å². The van der Waals surface area contributed by atoms with E-state index >= 15 is 0 Å². The summed E-state index contributed by atoms with van der Waals surface area (Å²) in [6, 6.07) is 9.44. The molecule has 0 bridgehead atoms. The van der Waals surface area contributed by atoms with Crippen molar-refractivity contribution in [2.24, 2.45) is 5.92 Å². The van der Waals surface area contributed by atoms with E-state index in [0.29, 0.717) is 11.7 Å². The molecule has 0 radical (unpaired) electrons. The third-order valence-electron chi connectivity index (χ3n) is 4.25.